The first-order valence-corrected chi connectivity index (χ1v) is 6.26. The molecule has 0 saturated carbocycles. The van der Waals surface area contributed by atoms with Crippen molar-refractivity contribution in [1.82, 2.24) is 10.2 Å². The molecule has 1 aliphatic heterocycles. The third-order valence-electron chi connectivity index (χ3n) is 3.23. The molecule has 3 atom stereocenters. The summed E-state index contributed by atoms with van der Waals surface area (Å²) >= 11 is 0. The van der Waals surface area contributed by atoms with Crippen LogP contribution in [0.2, 0.25) is 0 Å². The largest absolute Gasteiger partial charge is 0.345 e. The first-order valence-electron chi connectivity index (χ1n) is 6.26. The Morgan fingerprint density at radius 1 is 1.35 bits per heavy atom. The van der Waals surface area contributed by atoms with Crippen molar-refractivity contribution in [3.05, 3.63) is 0 Å². The average molecular weight is 241 g/mol. The molecule has 0 aromatic heterocycles. The van der Waals surface area contributed by atoms with Gasteiger partial charge in [-0.2, -0.15) is 0 Å². The Morgan fingerprint density at radius 2 is 2.00 bits per heavy atom. The predicted molar refractivity (Wildman–Crippen MR) is 66.3 cm³/mol. The zero-order valence-corrected chi connectivity index (χ0v) is 10.9. The van der Waals surface area contributed by atoms with Gasteiger partial charge in [-0.3, -0.25) is 9.59 Å². The van der Waals surface area contributed by atoms with Gasteiger partial charge in [-0.25, -0.2) is 0 Å². The Labute approximate surface area is 103 Å². The molecule has 0 aliphatic carbocycles. The maximum absolute atomic E-state index is 12.2. The topological polar surface area (TPSA) is 75.4 Å². The van der Waals surface area contributed by atoms with Crippen LogP contribution in [0.1, 0.15) is 40.0 Å². The molecule has 0 bridgehead atoms. The van der Waals surface area contributed by atoms with E-state index in [2.05, 4.69) is 5.32 Å². The number of hydrogen-bond donors (Lipinski definition) is 2. The van der Waals surface area contributed by atoms with Crippen LogP contribution < -0.4 is 11.1 Å². The van der Waals surface area contributed by atoms with E-state index in [1.165, 1.54) is 6.92 Å². The molecular weight excluding hydrogens is 218 g/mol. The van der Waals surface area contributed by atoms with Crippen molar-refractivity contribution in [2.24, 2.45) is 5.73 Å². The number of piperidine rings is 1. The summed E-state index contributed by atoms with van der Waals surface area (Å²) in [7, 11) is 0. The Hall–Kier alpha value is -1.10. The monoisotopic (exact) mass is 241 g/mol. The fraction of sp³-hybridized carbons (Fsp3) is 0.833. The number of nitrogens with zero attached hydrogens (tertiary/aromatic N) is 1. The quantitative estimate of drug-likeness (QED) is 0.743. The number of carbonyl (C=O) groups excluding carboxylic acids is 2. The van der Waals surface area contributed by atoms with E-state index < -0.39 is 6.04 Å². The molecule has 0 aromatic carbocycles. The molecule has 1 saturated heterocycles. The molecule has 17 heavy (non-hydrogen) atoms. The van der Waals surface area contributed by atoms with Crippen LogP contribution in [0.4, 0.5) is 0 Å². The number of nitrogens with one attached hydrogen (secondary N) is 1. The van der Waals surface area contributed by atoms with Crippen molar-refractivity contribution < 1.29 is 9.59 Å². The summed E-state index contributed by atoms with van der Waals surface area (Å²) in [6.07, 6.45) is 3.09. The van der Waals surface area contributed by atoms with Crippen molar-refractivity contribution in [3.63, 3.8) is 0 Å². The summed E-state index contributed by atoms with van der Waals surface area (Å²) in [4.78, 5) is 25.0. The number of likely N-dealkylation sites (tertiary alicyclic amines) is 1. The Bertz CT molecular complexity index is 291. The van der Waals surface area contributed by atoms with Gasteiger partial charge in [-0.15, -0.1) is 0 Å². The van der Waals surface area contributed by atoms with Crippen LogP contribution in [0.3, 0.4) is 0 Å². The van der Waals surface area contributed by atoms with Gasteiger partial charge in [0.15, 0.2) is 0 Å². The molecule has 5 nitrogen and oxygen atoms in total. The Kier molecular flexibility index (Phi) is 4.93. The van der Waals surface area contributed by atoms with Crippen molar-refractivity contribution in [2.45, 2.75) is 58.2 Å². The lowest BCUT2D eigenvalue weighted by atomic mass is 9.96. The van der Waals surface area contributed by atoms with Crippen molar-refractivity contribution >= 4 is 11.8 Å². The van der Waals surface area contributed by atoms with Gasteiger partial charge >= 0.3 is 0 Å². The SMILES string of the molecule is CC(=O)N[C@H](C)C(=O)N1CCCC[C@H]1[C@@H](C)N. The smallest absolute Gasteiger partial charge is 0.245 e. The lowest BCUT2D eigenvalue weighted by molar-refractivity contribution is -0.139. The minimum absolute atomic E-state index is 0.0243. The number of carbonyl (C=O) groups is 2. The molecule has 98 valence electrons. The van der Waals surface area contributed by atoms with E-state index >= 15 is 0 Å². The van der Waals surface area contributed by atoms with Gasteiger partial charge in [-0.1, -0.05) is 0 Å². The first kappa shape index (κ1) is 14.0. The molecule has 1 rings (SSSR count). The van der Waals surface area contributed by atoms with E-state index in [0.29, 0.717) is 0 Å². The van der Waals surface area contributed by atoms with Gasteiger partial charge in [-0.05, 0) is 33.1 Å². The average Bonchev–Trinajstić information content (AvgIpc) is 2.27. The highest BCUT2D eigenvalue weighted by Crippen LogP contribution is 2.19. The van der Waals surface area contributed by atoms with Crippen molar-refractivity contribution in [3.8, 4) is 0 Å². The summed E-state index contributed by atoms with van der Waals surface area (Å²) in [5.74, 6) is -0.206. The van der Waals surface area contributed by atoms with E-state index in [4.69, 9.17) is 5.73 Å². The molecule has 5 heteroatoms. The number of amides is 2. The van der Waals surface area contributed by atoms with E-state index in [9.17, 15) is 9.59 Å². The lowest BCUT2D eigenvalue weighted by Gasteiger charge is -2.39. The molecule has 0 radical (unpaired) electrons. The second-order valence-corrected chi connectivity index (χ2v) is 4.88. The summed E-state index contributed by atoms with van der Waals surface area (Å²) < 4.78 is 0. The molecule has 3 N–H and O–H groups in total. The zero-order valence-electron chi connectivity index (χ0n) is 10.9. The molecule has 0 aromatic rings. The van der Waals surface area contributed by atoms with E-state index in [-0.39, 0.29) is 23.9 Å². The molecule has 1 fully saturated rings. The van der Waals surface area contributed by atoms with Crippen LogP contribution in [0.25, 0.3) is 0 Å². The highest BCUT2D eigenvalue weighted by atomic mass is 16.2. The van der Waals surface area contributed by atoms with Gasteiger partial charge in [0.1, 0.15) is 6.04 Å². The van der Waals surface area contributed by atoms with Gasteiger partial charge in [0.25, 0.3) is 0 Å². The highest BCUT2D eigenvalue weighted by molar-refractivity contribution is 5.86. The fourth-order valence-corrected chi connectivity index (χ4v) is 2.39. The summed E-state index contributed by atoms with van der Waals surface area (Å²) in [6.45, 7) is 5.81. The number of hydrogen-bond acceptors (Lipinski definition) is 3. The first-order chi connectivity index (χ1) is 7.93. The Balaban J connectivity index is 2.67. The van der Waals surface area contributed by atoms with Crippen LogP contribution >= 0.6 is 0 Å². The van der Waals surface area contributed by atoms with Crippen molar-refractivity contribution in [1.29, 1.82) is 0 Å². The van der Waals surface area contributed by atoms with E-state index in [1.54, 1.807) is 6.92 Å². The van der Waals surface area contributed by atoms with E-state index in [0.717, 1.165) is 25.8 Å². The van der Waals surface area contributed by atoms with Gasteiger partial charge in [0, 0.05) is 25.6 Å². The molecule has 0 unspecified atom stereocenters. The lowest BCUT2D eigenvalue weighted by Crippen LogP contribution is -2.56. The van der Waals surface area contributed by atoms with Crippen LogP contribution in [0.15, 0.2) is 0 Å². The minimum Gasteiger partial charge on any atom is -0.345 e. The van der Waals surface area contributed by atoms with Gasteiger partial charge < -0.3 is 16.0 Å². The maximum atomic E-state index is 12.2. The van der Waals surface area contributed by atoms with Crippen LogP contribution in [-0.4, -0.2) is 41.4 Å². The van der Waals surface area contributed by atoms with Gasteiger partial charge in [0.2, 0.25) is 11.8 Å². The maximum Gasteiger partial charge on any atom is 0.245 e. The second kappa shape index (κ2) is 6.00. The van der Waals surface area contributed by atoms with Crippen LogP contribution in [0, 0.1) is 0 Å². The summed E-state index contributed by atoms with van der Waals surface area (Å²) in [5, 5.41) is 2.63. The fourth-order valence-electron chi connectivity index (χ4n) is 2.39. The highest BCUT2D eigenvalue weighted by Gasteiger charge is 2.31. The van der Waals surface area contributed by atoms with Crippen LogP contribution in [-0.2, 0) is 9.59 Å². The Morgan fingerprint density at radius 3 is 2.53 bits per heavy atom. The normalized spacial score (nSPS) is 24.0. The third-order valence-corrected chi connectivity index (χ3v) is 3.23. The van der Waals surface area contributed by atoms with Crippen LogP contribution in [0.5, 0.6) is 0 Å². The van der Waals surface area contributed by atoms with Gasteiger partial charge in [0.05, 0.1) is 0 Å². The predicted octanol–water partition coefficient (Wildman–Crippen LogP) is 0.239. The minimum atomic E-state index is -0.466. The second-order valence-electron chi connectivity index (χ2n) is 4.88. The molecular formula is C12H23N3O2. The molecule has 0 spiro atoms. The summed E-state index contributed by atoms with van der Waals surface area (Å²) in [5.41, 5.74) is 5.92. The molecule has 1 aliphatic rings. The molecule has 2 amide bonds. The number of nitrogens with two attached hydrogens (primary N) is 1. The zero-order chi connectivity index (χ0) is 13.0. The number of rotatable bonds is 3. The molecule has 1 heterocycles. The summed E-state index contributed by atoms with van der Waals surface area (Å²) in [6, 6.07) is -0.386. The van der Waals surface area contributed by atoms with Crippen molar-refractivity contribution in [2.75, 3.05) is 6.54 Å². The third kappa shape index (κ3) is 3.70. The standard InChI is InChI=1S/C12H23N3O2/c1-8(13)11-6-4-5-7-15(11)12(17)9(2)14-10(3)16/h8-9,11H,4-7,13H2,1-3H3,(H,14,16)/t8-,9-,11+/m1/s1. The van der Waals surface area contributed by atoms with E-state index in [1.807, 2.05) is 11.8 Å².